The molecule has 2 aromatic carbocycles. The molecule has 5 rings (SSSR count). The topological polar surface area (TPSA) is 86.9 Å². The van der Waals surface area contributed by atoms with Gasteiger partial charge in [-0.1, -0.05) is 18.2 Å². The SMILES string of the molecule is CCn1cnc2c1c(=O)nc(Nc1ccc(Oc3cccc(F)n3)cc1)n2Cc1ccc(F)cc1. The zero-order chi connectivity index (χ0) is 24.4. The number of nitrogens with zero attached hydrogens (tertiary/aromatic N) is 5. The lowest BCUT2D eigenvalue weighted by molar-refractivity contribution is 0.445. The number of imidazole rings is 1. The quantitative estimate of drug-likeness (QED) is 0.339. The molecule has 0 saturated heterocycles. The molecule has 0 aliphatic rings. The van der Waals surface area contributed by atoms with Gasteiger partial charge in [0, 0.05) is 18.3 Å². The number of aryl methyl sites for hydroxylation is 1. The van der Waals surface area contributed by atoms with E-state index >= 15 is 0 Å². The normalized spacial score (nSPS) is 11.1. The smallest absolute Gasteiger partial charge is 0.300 e. The summed E-state index contributed by atoms with van der Waals surface area (Å²) >= 11 is 0. The first-order valence-electron chi connectivity index (χ1n) is 10.9. The molecule has 0 fully saturated rings. The molecule has 0 aliphatic carbocycles. The molecule has 0 amide bonds. The second kappa shape index (κ2) is 9.34. The third kappa shape index (κ3) is 4.72. The van der Waals surface area contributed by atoms with Crippen molar-refractivity contribution in [2.24, 2.45) is 0 Å². The third-order valence-electron chi connectivity index (χ3n) is 5.36. The average Bonchev–Trinajstić information content (AvgIpc) is 3.29. The number of rotatable bonds is 7. The van der Waals surface area contributed by atoms with Crippen LogP contribution in [0, 0.1) is 11.8 Å². The fraction of sp³-hybridized carbons (Fsp3) is 0.120. The lowest BCUT2D eigenvalue weighted by Crippen LogP contribution is -2.20. The maximum absolute atomic E-state index is 13.4. The predicted octanol–water partition coefficient (Wildman–Crippen LogP) is 4.87. The number of hydrogen-bond donors (Lipinski definition) is 1. The molecule has 10 heteroatoms. The Labute approximate surface area is 198 Å². The van der Waals surface area contributed by atoms with Gasteiger partial charge in [-0.25, -0.2) is 9.37 Å². The Balaban J connectivity index is 1.48. The van der Waals surface area contributed by atoms with Crippen molar-refractivity contribution in [3.05, 3.63) is 101 Å². The fourth-order valence-corrected chi connectivity index (χ4v) is 3.66. The zero-order valence-corrected chi connectivity index (χ0v) is 18.7. The van der Waals surface area contributed by atoms with E-state index in [1.165, 1.54) is 24.3 Å². The van der Waals surface area contributed by atoms with Crippen LogP contribution in [0.15, 0.2) is 77.9 Å². The van der Waals surface area contributed by atoms with E-state index in [0.29, 0.717) is 35.7 Å². The minimum Gasteiger partial charge on any atom is -0.439 e. The highest BCUT2D eigenvalue weighted by atomic mass is 19.1. The van der Waals surface area contributed by atoms with Crippen LogP contribution in [0.1, 0.15) is 12.5 Å². The van der Waals surface area contributed by atoms with E-state index in [-0.39, 0.29) is 17.6 Å². The van der Waals surface area contributed by atoms with Crippen LogP contribution >= 0.6 is 0 Å². The summed E-state index contributed by atoms with van der Waals surface area (Å²) in [5.41, 5.74) is 1.91. The molecule has 0 atom stereocenters. The Hall–Kier alpha value is -4.60. The van der Waals surface area contributed by atoms with Crippen molar-refractivity contribution in [3.63, 3.8) is 0 Å². The van der Waals surface area contributed by atoms with Crippen LogP contribution in [0.2, 0.25) is 0 Å². The number of fused-ring (bicyclic) bond motifs is 1. The Morgan fingerprint density at radius 2 is 1.74 bits per heavy atom. The summed E-state index contributed by atoms with van der Waals surface area (Å²) in [5, 5.41) is 3.16. The van der Waals surface area contributed by atoms with Crippen LogP contribution in [0.5, 0.6) is 11.6 Å². The molecular formula is C25H20F2N6O2. The van der Waals surface area contributed by atoms with Crippen LogP contribution in [0.25, 0.3) is 11.2 Å². The van der Waals surface area contributed by atoms with Gasteiger partial charge < -0.3 is 14.6 Å². The van der Waals surface area contributed by atoms with Crippen LogP contribution in [0.3, 0.4) is 0 Å². The molecule has 0 saturated carbocycles. The molecule has 0 radical (unpaired) electrons. The summed E-state index contributed by atoms with van der Waals surface area (Å²) in [5.74, 6) is -0.0817. The molecule has 8 nitrogen and oxygen atoms in total. The van der Waals surface area contributed by atoms with Crippen molar-refractivity contribution in [2.45, 2.75) is 20.0 Å². The molecular weight excluding hydrogens is 454 g/mol. The number of benzene rings is 2. The van der Waals surface area contributed by atoms with E-state index in [9.17, 15) is 13.6 Å². The lowest BCUT2D eigenvalue weighted by Gasteiger charge is -2.15. The summed E-state index contributed by atoms with van der Waals surface area (Å²) in [4.78, 5) is 25.2. The Morgan fingerprint density at radius 1 is 0.971 bits per heavy atom. The molecule has 3 aromatic heterocycles. The minimum absolute atomic E-state index is 0.137. The number of aromatic nitrogens is 5. The second-order valence-electron chi connectivity index (χ2n) is 7.71. The van der Waals surface area contributed by atoms with Crippen LogP contribution < -0.4 is 15.6 Å². The van der Waals surface area contributed by atoms with Crippen molar-refractivity contribution in [2.75, 3.05) is 5.32 Å². The van der Waals surface area contributed by atoms with E-state index in [1.807, 2.05) is 6.92 Å². The summed E-state index contributed by atoms with van der Waals surface area (Å²) in [6.45, 7) is 2.80. The Kier molecular flexibility index (Phi) is 5.92. The van der Waals surface area contributed by atoms with Crippen molar-refractivity contribution < 1.29 is 13.5 Å². The van der Waals surface area contributed by atoms with Crippen LogP contribution in [-0.4, -0.2) is 24.1 Å². The molecule has 5 aromatic rings. The molecule has 35 heavy (non-hydrogen) atoms. The van der Waals surface area contributed by atoms with E-state index in [2.05, 4.69) is 20.3 Å². The van der Waals surface area contributed by atoms with Gasteiger partial charge in [-0.05, 0) is 55.0 Å². The highest BCUT2D eigenvalue weighted by Gasteiger charge is 2.16. The summed E-state index contributed by atoms with van der Waals surface area (Å²) in [7, 11) is 0. The van der Waals surface area contributed by atoms with E-state index in [0.717, 1.165) is 5.56 Å². The van der Waals surface area contributed by atoms with Gasteiger partial charge in [-0.15, -0.1) is 0 Å². The number of pyridine rings is 1. The molecule has 0 bridgehead atoms. The maximum atomic E-state index is 13.4. The van der Waals surface area contributed by atoms with Gasteiger partial charge in [0.15, 0.2) is 11.2 Å². The average molecular weight is 474 g/mol. The first-order valence-corrected chi connectivity index (χ1v) is 10.9. The highest BCUT2D eigenvalue weighted by Crippen LogP contribution is 2.24. The number of anilines is 2. The number of halogens is 2. The van der Waals surface area contributed by atoms with Gasteiger partial charge in [-0.2, -0.15) is 14.4 Å². The monoisotopic (exact) mass is 474 g/mol. The highest BCUT2D eigenvalue weighted by molar-refractivity contribution is 5.73. The first-order chi connectivity index (χ1) is 17.0. The summed E-state index contributed by atoms with van der Waals surface area (Å²) in [6, 6.07) is 17.2. The second-order valence-corrected chi connectivity index (χ2v) is 7.71. The molecule has 176 valence electrons. The summed E-state index contributed by atoms with van der Waals surface area (Å²) < 4.78 is 35.8. The van der Waals surface area contributed by atoms with Gasteiger partial charge in [0.05, 0.1) is 12.9 Å². The van der Waals surface area contributed by atoms with Gasteiger partial charge in [-0.3, -0.25) is 9.36 Å². The fourth-order valence-electron chi connectivity index (χ4n) is 3.66. The molecule has 3 heterocycles. The van der Waals surface area contributed by atoms with Crippen molar-refractivity contribution in [1.82, 2.24) is 24.1 Å². The van der Waals surface area contributed by atoms with Gasteiger partial charge in [0.25, 0.3) is 0 Å². The van der Waals surface area contributed by atoms with Crippen LogP contribution in [0.4, 0.5) is 20.4 Å². The maximum Gasteiger partial charge on any atom is 0.300 e. The summed E-state index contributed by atoms with van der Waals surface area (Å²) in [6.07, 6.45) is 1.60. The number of hydrogen-bond acceptors (Lipinski definition) is 6. The molecule has 0 spiro atoms. The molecule has 0 unspecified atom stereocenters. The zero-order valence-electron chi connectivity index (χ0n) is 18.7. The van der Waals surface area contributed by atoms with Gasteiger partial charge >= 0.3 is 5.56 Å². The largest absolute Gasteiger partial charge is 0.439 e. The predicted molar refractivity (Wildman–Crippen MR) is 127 cm³/mol. The van der Waals surface area contributed by atoms with Crippen LogP contribution in [-0.2, 0) is 13.1 Å². The van der Waals surface area contributed by atoms with E-state index in [1.54, 1.807) is 57.9 Å². The first kappa shape index (κ1) is 22.2. The van der Waals surface area contributed by atoms with Crippen molar-refractivity contribution in [3.8, 4) is 11.6 Å². The lowest BCUT2D eigenvalue weighted by atomic mass is 10.2. The van der Waals surface area contributed by atoms with Crippen molar-refractivity contribution >= 4 is 22.8 Å². The standard InChI is InChI=1S/C25H20F2N6O2/c1-2-32-15-28-23-22(32)24(34)31-25(33(23)14-16-6-8-17(26)9-7-16)29-18-10-12-19(13-11-18)35-21-5-3-4-20(27)30-21/h3-13,15H,2,14H2,1H3,(H,29,31,34). The molecule has 0 aliphatic heterocycles. The number of ether oxygens (including phenoxy) is 1. The van der Waals surface area contributed by atoms with E-state index < -0.39 is 11.5 Å². The Bertz CT molecular complexity index is 1550. The van der Waals surface area contributed by atoms with Gasteiger partial charge in [0.2, 0.25) is 17.8 Å². The Morgan fingerprint density at radius 3 is 2.46 bits per heavy atom. The van der Waals surface area contributed by atoms with Gasteiger partial charge in [0.1, 0.15) is 11.6 Å². The van der Waals surface area contributed by atoms with E-state index in [4.69, 9.17) is 4.74 Å². The minimum atomic E-state index is -0.633. The van der Waals surface area contributed by atoms with Crippen molar-refractivity contribution in [1.29, 1.82) is 0 Å². The third-order valence-corrected chi connectivity index (χ3v) is 5.36. The molecule has 1 N–H and O–H groups in total. The number of nitrogens with one attached hydrogen (secondary N) is 1.